The third-order valence-corrected chi connectivity index (χ3v) is 1.83. The van der Waals surface area contributed by atoms with Crippen LogP contribution in [0.15, 0.2) is 0 Å². The summed E-state index contributed by atoms with van der Waals surface area (Å²) in [5.74, 6) is -0.0287. The van der Waals surface area contributed by atoms with E-state index in [2.05, 4.69) is 10.6 Å². The highest BCUT2D eigenvalue weighted by Crippen LogP contribution is 2.05. The molecule has 96 valence electrons. The van der Waals surface area contributed by atoms with Crippen LogP contribution in [0.5, 0.6) is 0 Å². The standard InChI is InChI=1S/C7H12N2O3.2C2H6/c1-4(10)6(8-2)5-3-9-7(11)12-5;2*1-2/h5-6,8H,3H2,1-2H3,(H,9,11);2*1-2H3/t5-,6?;;/m0../s1. The summed E-state index contributed by atoms with van der Waals surface area (Å²) in [5, 5.41) is 5.28. The number of carbonyl (C=O) groups excluding carboxylic acids is 2. The van der Waals surface area contributed by atoms with Crippen LogP contribution >= 0.6 is 0 Å². The average molecular weight is 232 g/mol. The number of ether oxygens (including phenoxy) is 1. The Morgan fingerprint density at radius 3 is 2.19 bits per heavy atom. The van der Waals surface area contributed by atoms with E-state index in [1.54, 1.807) is 7.05 Å². The molecule has 16 heavy (non-hydrogen) atoms. The lowest BCUT2D eigenvalue weighted by atomic mass is 10.1. The van der Waals surface area contributed by atoms with Gasteiger partial charge in [-0.1, -0.05) is 27.7 Å². The highest BCUT2D eigenvalue weighted by molar-refractivity contribution is 5.83. The van der Waals surface area contributed by atoms with Gasteiger partial charge in [0.05, 0.1) is 6.54 Å². The van der Waals surface area contributed by atoms with Gasteiger partial charge in [0.2, 0.25) is 0 Å². The molecule has 0 aromatic carbocycles. The molecular weight excluding hydrogens is 208 g/mol. The second-order valence-electron chi connectivity index (χ2n) is 2.70. The number of Topliss-reactive ketones (excluding diaryl/α,β-unsaturated/α-hetero) is 1. The molecule has 1 aliphatic rings. The van der Waals surface area contributed by atoms with E-state index in [0.717, 1.165) is 0 Å². The summed E-state index contributed by atoms with van der Waals surface area (Å²) in [7, 11) is 1.66. The minimum atomic E-state index is -0.457. The minimum absolute atomic E-state index is 0.0287. The highest BCUT2D eigenvalue weighted by Gasteiger charge is 2.32. The molecule has 1 amide bonds. The fraction of sp³-hybridized carbons (Fsp3) is 0.818. The zero-order chi connectivity index (χ0) is 13.1. The fourth-order valence-corrected chi connectivity index (χ4v) is 1.24. The number of amides is 1. The Bertz CT molecular complexity index is 207. The van der Waals surface area contributed by atoms with Gasteiger partial charge in [0.15, 0.2) is 5.78 Å². The van der Waals surface area contributed by atoms with Crippen LogP contribution in [-0.4, -0.2) is 37.6 Å². The largest absolute Gasteiger partial charge is 0.442 e. The SMILES string of the molecule is CC.CC.CNC(C(C)=O)[C@@H]1CNC(=O)O1. The van der Waals surface area contributed by atoms with Gasteiger partial charge in [0.25, 0.3) is 0 Å². The number of likely N-dealkylation sites (N-methyl/N-ethyl adjacent to an activating group) is 1. The lowest BCUT2D eigenvalue weighted by Gasteiger charge is -2.17. The Labute approximate surface area is 97.9 Å². The van der Waals surface area contributed by atoms with Crippen LogP contribution < -0.4 is 10.6 Å². The van der Waals surface area contributed by atoms with Crippen LogP contribution in [0.1, 0.15) is 34.6 Å². The van der Waals surface area contributed by atoms with Crippen molar-refractivity contribution in [3.8, 4) is 0 Å². The van der Waals surface area contributed by atoms with Gasteiger partial charge in [0, 0.05) is 0 Å². The zero-order valence-corrected chi connectivity index (χ0v) is 11.1. The molecule has 0 bridgehead atoms. The van der Waals surface area contributed by atoms with Crippen molar-refractivity contribution >= 4 is 11.9 Å². The molecule has 0 aromatic heterocycles. The minimum Gasteiger partial charge on any atom is -0.442 e. The van der Waals surface area contributed by atoms with Gasteiger partial charge in [0.1, 0.15) is 12.1 Å². The van der Waals surface area contributed by atoms with Crippen molar-refractivity contribution in [1.82, 2.24) is 10.6 Å². The van der Waals surface area contributed by atoms with Crippen LogP contribution in [0, 0.1) is 0 Å². The molecule has 1 fully saturated rings. The molecule has 0 spiro atoms. The molecular formula is C11H24N2O3. The molecule has 0 radical (unpaired) electrons. The molecule has 1 unspecified atom stereocenters. The van der Waals surface area contributed by atoms with Gasteiger partial charge >= 0.3 is 6.09 Å². The van der Waals surface area contributed by atoms with Crippen molar-refractivity contribution in [2.24, 2.45) is 0 Å². The molecule has 2 atom stereocenters. The van der Waals surface area contributed by atoms with E-state index in [1.165, 1.54) is 6.92 Å². The molecule has 1 rings (SSSR count). The molecule has 0 saturated carbocycles. The molecule has 0 aromatic rings. The second kappa shape index (κ2) is 10.4. The van der Waals surface area contributed by atoms with E-state index in [0.29, 0.717) is 6.54 Å². The molecule has 5 nitrogen and oxygen atoms in total. The number of carbonyl (C=O) groups is 2. The van der Waals surface area contributed by atoms with E-state index >= 15 is 0 Å². The van der Waals surface area contributed by atoms with Crippen molar-refractivity contribution in [1.29, 1.82) is 0 Å². The van der Waals surface area contributed by atoms with E-state index < -0.39 is 12.1 Å². The lowest BCUT2D eigenvalue weighted by molar-refractivity contribution is -0.120. The average Bonchev–Trinajstić information content (AvgIpc) is 2.71. The highest BCUT2D eigenvalue weighted by atomic mass is 16.6. The Kier molecular flexibility index (Phi) is 11.3. The first-order valence-electron chi connectivity index (χ1n) is 5.77. The molecule has 1 heterocycles. The van der Waals surface area contributed by atoms with E-state index in [-0.39, 0.29) is 11.9 Å². The molecule has 1 aliphatic heterocycles. The summed E-state index contributed by atoms with van der Waals surface area (Å²) in [6.07, 6.45) is -0.832. The summed E-state index contributed by atoms with van der Waals surface area (Å²) >= 11 is 0. The first-order valence-corrected chi connectivity index (χ1v) is 5.77. The number of ketones is 1. The molecule has 5 heteroatoms. The van der Waals surface area contributed by atoms with E-state index in [4.69, 9.17) is 4.74 Å². The van der Waals surface area contributed by atoms with Crippen molar-refractivity contribution in [3.05, 3.63) is 0 Å². The maximum atomic E-state index is 11.0. The summed E-state index contributed by atoms with van der Waals surface area (Å²) < 4.78 is 4.84. The second-order valence-corrected chi connectivity index (χ2v) is 2.70. The molecule has 1 saturated heterocycles. The van der Waals surface area contributed by atoms with Gasteiger partial charge in [-0.25, -0.2) is 4.79 Å². The van der Waals surface area contributed by atoms with Gasteiger partial charge < -0.3 is 15.4 Å². The zero-order valence-electron chi connectivity index (χ0n) is 11.1. The number of rotatable bonds is 3. The van der Waals surface area contributed by atoms with Gasteiger partial charge in [-0.3, -0.25) is 4.79 Å². The monoisotopic (exact) mass is 232 g/mol. The number of hydrogen-bond donors (Lipinski definition) is 2. The van der Waals surface area contributed by atoms with E-state index in [1.807, 2.05) is 27.7 Å². The number of cyclic esters (lactones) is 1. The normalized spacial score (nSPS) is 19.1. The number of nitrogens with one attached hydrogen (secondary N) is 2. The Hall–Kier alpha value is -1.10. The van der Waals surface area contributed by atoms with Gasteiger partial charge in [-0.05, 0) is 14.0 Å². The van der Waals surface area contributed by atoms with Crippen LogP contribution in [0.3, 0.4) is 0 Å². The van der Waals surface area contributed by atoms with Crippen molar-refractivity contribution in [2.75, 3.05) is 13.6 Å². The third kappa shape index (κ3) is 5.70. The molecule has 2 N–H and O–H groups in total. The first-order chi connectivity index (χ1) is 7.65. The lowest BCUT2D eigenvalue weighted by Crippen LogP contribution is -2.44. The van der Waals surface area contributed by atoms with Crippen LogP contribution in [0.4, 0.5) is 4.79 Å². The Balaban J connectivity index is 0. The predicted molar refractivity (Wildman–Crippen MR) is 64.5 cm³/mol. The Morgan fingerprint density at radius 2 is 1.94 bits per heavy atom. The smallest absolute Gasteiger partial charge is 0.407 e. The number of hydrogen-bond acceptors (Lipinski definition) is 4. The first kappa shape index (κ1) is 17.3. The maximum Gasteiger partial charge on any atom is 0.407 e. The van der Waals surface area contributed by atoms with Crippen molar-refractivity contribution in [2.45, 2.75) is 46.8 Å². The van der Waals surface area contributed by atoms with Gasteiger partial charge in [-0.15, -0.1) is 0 Å². The van der Waals surface area contributed by atoms with E-state index in [9.17, 15) is 9.59 Å². The maximum absolute atomic E-state index is 11.0. The van der Waals surface area contributed by atoms with Crippen LogP contribution in [0.25, 0.3) is 0 Å². The van der Waals surface area contributed by atoms with Crippen LogP contribution in [0.2, 0.25) is 0 Å². The van der Waals surface area contributed by atoms with Crippen molar-refractivity contribution < 1.29 is 14.3 Å². The fourth-order valence-electron chi connectivity index (χ4n) is 1.24. The van der Waals surface area contributed by atoms with Crippen molar-refractivity contribution in [3.63, 3.8) is 0 Å². The summed E-state index contributed by atoms with van der Waals surface area (Å²) in [6.45, 7) is 9.86. The quantitative estimate of drug-likeness (QED) is 0.770. The third-order valence-electron chi connectivity index (χ3n) is 1.83. The van der Waals surface area contributed by atoms with Crippen LogP contribution in [-0.2, 0) is 9.53 Å². The predicted octanol–water partition coefficient (Wildman–Crippen LogP) is 1.32. The summed E-state index contributed by atoms with van der Waals surface area (Å²) in [4.78, 5) is 21.6. The Morgan fingerprint density at radius 1 is 1.44 bits per heavy atom. The summed E-state index contributed by atoms with van der Waals surface area (Å²) in [5.41, 5.74) is 0. The number of alkyl carbamates (subject to hydrolysis) is 1. The molecule has 0 aliphatic carbocycles. The summed E-state index contributed by atoms with van der Waals surface area (Å²) in [6, 6.07) is -0.399. The van der Waals surface area contributed by atoms with Gasteiger partial charge in [-0.2, -0.15) is 0 Å². The topological polar surface area (TPSA) is 67.4 Å².